The molecular formula is C35H90O11Si5. The van der Waals surface area contributed by atoms with Gasteiger partial charge in [-0.25, -0.2) is 0 Å². The Morgan fingerprint density at radius 1 is 0.451 bits per heavy atom. The zero-order valence-corrected chi connectivity index (χ0v) is 41.2. The van der Waals surface area contributed by atoms with Crippen LogP contribution in [0.15, 0.2) is 0 Å². The smallest absolute Gasteiger partial charge is 0.332 e. The van der Waals surface area contributed by atoms with Crippen LogP contribution in [-0.4, -0.2) is 141 Å². The highest BCUT2D eigenvalue weighted by atomic mass is 28.4. The minimum atomic E-state index is -2.36. The molecule has 0 aromatic heterocycles. The fraction of sp³-hybridized carbons (Fsp3) is 1.00. The van der Waals surface area contributed by atoms with E-state index in [1.165, 1.54) is 25.6 Å². The lowest BCUT2D eigenvalue weighted by Gasteiger charge is -2.26. The first kappa shape index (κ1) is 60.9. The molecule has 0 radical (unpaired) electrons. The van der Waals surface area contributed by atoms with Crippen LogP contribution in [0.4, 0.5) is 0 Å². The average molecular weight is 828 g/mol. The van der Waals surface area contributed by atoms with E-state index in [0.29, 0.717) is 44.8 Å². The maximum atomic E-state index is 9.26. The van der Waals surface area contributed by atoms with Crippen molar-refractivity contribution in [3.63, 3.8) is 0 Å². The van der Waals surface area contributed by atoms with Crippen molar-refractivity contribution in [2.75, 3.05) is 68.6 Å². The molecule has 0 aromatic carbocycles. The van der Waals surface area contributed by atoms with Crippen molar-refractivity contribution in [1.29, 1.82) is 0 Å². The van der Waals surface area contributed by atoms with E-state index in [1.54, 1.807) is 27.9 Å². The summed E-state index contributed by atoms with van der Waals surface area (Å²) in [5.74, 6) is 0.709. The van der Waals surface area contributed by atoms with Crippen molar-refractivity contribution < 1.29 is 52.5 Å². The van der Waals surface area contributed by atoms with Crippen LogP contribution < -0.4 is 0 Å². The number of hydrogen-bond acceptors (Lipinski definition) is 11. The minimum absolute atomic E-state index is 0.131. The summed E-state index contributed by atoms with van der Waals surface area (Å²) >= 11 is 0. The first-order valence-corrected chi connectivity index (χ1v) is 33.3. The molecule has 11 nitrogen and oxygen atoms in total. The van der Waals surface area contributed by atoms with Crippen molar-refractivity contribution in [2.24, 2.45) is 5.92 Å². The van der Waals surface area contributed by atoms with Gasteiger partial charge in [0.25, 0.3) is 0 Å². The SMILES string of the molecule is CCC[Si](C)(CCCO)OC.CC[Si](C)(CCCO)OC.CO[Si](C)(C)CCCO.CO[Si](C)(CCCO)CC(C)C.CO[Si](C)(O)CCCO. The molecule has 0 saturated heterocycles. The quantitative estimate of drug-likeness (QED) is 0.0517. The fourth-order valence-electron chi connectivity index (χ4n) is 4.91. The molecule has 0 saturated carbocycles. The molecule has 0 aliphatic carbocycles. The zero-order chi connectivity index (χ0) is 41.0. The van der Waals surface area contributed by atoms with Crippen LogP contribution >= 0.6 is 0 Å². The largest absolute Gasteiger partial charge is 0.420 e. The molecular weight excluding hydrogens is 737 g/mol. The molecule has 51 heavy (non-hydrogen) atoms. The van der Waals surface area contributed by atoms with Gasteiger partial charge < -0.3 is 52.5 Å². The third-order valence-electron chi connectivity index (χ3n) is 9.16. The molecule has 316 valence electrons. The Bertz CT molecular complexity index is 689. The van der Waals surface area contributed by atoms with Crippen molar-refractivity contribution in [2.45, 2.75) is 154 Å². The summed E-state index contributed by atoms with van der Waals surface area (Å²) in [5.41, 5.74) is 0. The summed E-state index contributed by atoms with van der Waals surface area (Å²) in [5, 5.41) is 42.8. The van der Waals surface area contributed by atoms with Crippen molar-refractivity contribution in [3.05, 3.63) is 0 Å². The molecule has 4 atom stereocenters. The zero-order valence-electron chi connectivity index (χ0n) is 36.2. The second-order valence-electron chi connectivity index (χ2n) is 15.1. The standard InChI is InChI=1S/C9H22O2Si.C8H20O2Si.C7H18O2Si.C6H16O2Si.C5H14O3Si/c1-9(2)8-12(4,11-3)7-5-6-10;1-4-7-11(3,10-2)8-5-6-9;1-4-10(3,9-2)7-5-6-8;1-8-9(2,3)6-4-5-7;1-8-9(2,7)5-3-4-6/h9-10H,5-8H2,1-4H3;9H,4-8H2,1-3H3;8H,4-7H2,1-3H3;7H,4-6H2,1-3H3;6-7H,3-5H2,1-2H3. The predicted octanol–water partition coefficient (Wildman–Crippen LogP) is 7.16. The van der Waals surface area contributed by atoms with Gasteiger partial charge in [-0.1, -0.05) is 34.1 Å². The lowest BCUT2D eigenvalue weighted by molar-refractivity contribution is 0.268. The predicted molar refractivity (Wildman–Crippen MR) is 229 cm³/mol. The van der Waals surface area contributed by atoms with Gasteiger partial charge in [-0.05, 0) is 126 Å². The summed E-state index contributed by atoms with van der Waals surface area (Å²) in [7, 11) is 0.692. The van der Waals surface area contributed by atoms with Crippen LogP contribution in [0.1, 0.15) is 66.2 Å². The Balaban J connectivity index is -0.000000174. The molecule has 0 rings (SSSR count). The molecule has 0 amide bonds. The Morgan fingerprint density at radius 3 is 1.10 bits per heavy atom. The molecule has 0 spiro atoms. The van der Waals surface area contributed by atoms with E-state index in [2.05, 4.69) is 60.4 Å². The van der Waals surface area contributed by atoms with Gasteiger partial charge in [0.05, 0.1) is 0 Å². The van der Waals surface area contributed by atoms with Crippen LogP contribution in [0.3, 0.4) is 0 Å². The fourth-order valence-corrected chi connectivity index (χ4v) is 14.7. The highest BCUT2D eigenvalue weighted by Gasteiger charge is 2.28. The molecule has 0 aliphatic rings. The first-order valence-electron chi connectivity index (χ1n) is 19.2. The number of aliphatic hydroxyl groups excluding tert-OH is 5. The maximum absolute atomic E-state index is 9.26. The van der Waals surface area contributed by atoms with Crippen molar-refractivity contribution in [3.8, 4) is 0 Å². The highest BCUT2D eigenvalue weighted by Crippen LogP contribution is 2.23. The molecule has 16 heteroatoms. The second-order valence-corrected chi connectivity index (χ2v) is 35.9. The third kappa shape index (κ3) is 43.2. The number of hydrogen-bond donors (Lipinski definition) is 6. The lowest BCUT2D eigenvalue weighted by atomic mass is 10.3. The van der Waals surface area contributed by atoms with Gasteiger partial charge in [-0.3, -0.25) is 0 Å². The highest BCUT2D eigenvalue weighted by molar-refractivity contribution is 6.73. The van der Waals surface area contributed by atoms with Gasteiger partial charge in [0, 0.05) is 68.6 Å². The van der Waals surface area contributed by atoms with Crippen molar-refractivity contribution in [1.82, 2.24) is 0 Å². The molecule has 0 bridgehead atoms. The summed E-state index contributed by atoms with van der Waals surface area (Å²) < 4.78 is 26.6. The van der Waals surface area contributed by atoms with Gasteiger partial charge in [-0.15, -0.1) is 0 Å². The van der Waals surface area contributed by atoms with Crippen LogP contribution in [0, 0.1) is 5.92 Å². The van der Waals surface area contributed by atoms with Gasteiger partial charge in [0.2, 0.25) is 0 Å². The van der Waals surface area contributed by atoms with Crippen LogP contribution in [0.5, 0.6) is 0 Å². The topological polar surface area (TPSA) is 168 Å². The van der Waals surface area contributed by atoms with Gasteiger partial charge in [0.1, 0.15) is 0 Å². The number of rotatable bonds is 25. The van der Waals surface area contributed by atoms with Crippen LogP contribution in [0.2, 0.25) is 87.6 Å². The third-order valence-corrected chi connectivity index (χ3v) is 25.9. The second kappa shape index (κ2) is 37.6. The molecule has 0 aliphatic heterocycles. The Labute approximate surface area is 321 Å². The van der Waals surface area contributed by atoms with E-state index in [0.717, 1.165) is 55.9 Å². The Morgan fingerprint density at radius 2 is 0.804 bits per heavy atom. The maximum Gasteiger partial charge on any atom is 0.332 e. The molecule has 6 N–H and O–H groups in total. The van der Waals surface area contributed by atoms with E-state index in [4.69, 9.17) is 47.7 Å². The molecule has 0 fully saturated rings. The summed E-state index contributed by atoms with van der Waals surface area (Å²) in [6, 6.07) is 8.47. The summed E-state index contributed by atoms with van der Waals surface area (Å²) in [6.45, 7) is 22.8. The lowest BCUT2D eigenvalue weighted by Crippen LogP contribution is -2.34. The van der Waals surface area contributed by atoms with Gasteiger partial charge >= 0.3 is 8.56 Å². The normalized spacial score (nSPS) is 15.9. The van der Waals surface area contributed by atoms with Crippen molar-refractivity contribution >= 4 is 41.8 Å². The minimum Gasteiger partial charge on any atom is -0.420 e. The van der Waals surface area contributed by atoms with E-state index in [9.17, 15) is 4.80 Å². The van der Waals surface area contributed by atoms with Crippen LogP contribution in [0.25, 0.3) is 0 Å². The van der Waals surface area contributed by atoms with E-state index < -0.39 is 41.8 Å². The molecule has 0 heterocycles. The summed E-state index contributed by atoms with van der Waals surface area (Å²) in [4.78, 5) is 9.26. The Hall–Kier alpha value is 0.644. The monoisotopic (exact) mass is 827 g/mol. The van der Waals surface area contributed by atoms with E-state index in [-0.39, 0.29) is 6.61 Å². The van der Waals surface area contributed by atoms with E-state index in [1.807, 2.05) is 7.11 Å². The van der Waals surface area contributed by atoms with Gasteiger partial charge in [-0.2, -0.15) is 0 Å². The first-order chi connectivity index (χ1) is 23.6. The van der Waals surface area contributed by atoms with Crippen LogP contribution in [-0.2, 0) is 22.1 Å². The summed E-state index contributed by atoms with van der Waals surface area (Å²) in [6.07, 6.45) is 5.40. The molecule has 4 unspecified atom stereocenters. The molecule has 0 aromatic rings. The van der Waals surface area contributed by atoms with Gasteiger partial charge in [0.15, 0.2) is 33.3 Å². The average Bonchev–Trinajstić information content (AvgIpc) is 3.11. The van der Waals surface area contributed by atoms with E-state index >= 15 is 0 Å². The number of aliphatic hydroxyl groups is 5. The Kier molecular flexibility index (Phi) is 44.8.